The molecule has 2 nitrogen and oxygen atoms in total. The van der Waals surface area contributed by atoms with Crippen molar-refractivity contribution in [1.29, 1.82) is 0 Å². The minimum Gasteiger partial charge on any atom is -0.550 e. The van der Waals surface area contributed by atoms with E-state index in [0.29, 0.717) is 0 Å². The lowest BCUT2D eigenvalue weighted by molar-refractivity contribution is 0.594. The van der Waals surface area contributed by atoms with Gasteiger partial charge in [-0.15, -0.1) is 0 Å². The molecule has 0 saturated heterocycles. The highest BCUT2D eigenvalue weighted by molar-refractivity contribution is 7.60. The number of aryl methyl sites for hydroxylation is 1. The molecule has 0 bridgehead atoms. The molecule has 0 aliphatic carbocycles. The highest BCUT2D eigenvalue weighted by atomic mass is 31.1. The number of pyridine rings is 1. The Morgan fingerprint density at radius 3 is 2.62 bits per heavy atom. The minimum absolute atomic E-state index is 0.0295. The van der Waals surface area contributed by atoms with Crippen LogP contribution < -0.4 is 10.1 Å². The Hall–Kier alpha value is -2.38. The van der Waals surface area contributed by atoms with Gasteiger partial charge >= 0.3 is 6.92 Å². The second kappa shape index (κ2) is 7.47. The second-order valence-electron chi connectivity index (χ2n) is 6.70. The molecule has 0 amide bonds. The average Bonchev–Trinajstić information content (AvgIpc) is 2.68. The maximum atomic E-state index is 6.55. The summed E-state index contributed by atoms with van der Waals surface area (Å²) in [7, 11) is -0.0295. The van der Waals surface area contributed by atoms with Crippen LogP contribution in [-0.4, -0.2) is 24.7 Å². The molecule has 1 aromatic heterocycles. The summed E-state index contributed by atoms with van der Waals surface area (Å²) < 4.78 is 6.55. The standard InChI is InChI=1S/C22H21BNOP/c1-17-8-10-19(11-9-17)23(20-12-15-26(2)16-13-20)25-21-7-3-5-18-6-4-14-24-22(18)21/h3-15H,16H2,1-2H3. The van der Waals surface area contributed by atoms with Crippen molar-refractivity contribution in [2.24, 2.45) is 0 Å². The first-order chi connectivity index (χ1) is 12.7. The largest absolute Gasteiger partial charge is 0.550 e. The van der Waals surface area contributed by atoms with Gasteiger partial charge in [0.15, 0.2) is 0 Å². The summed E-state index contributed by atoms with van der Waals surface area (Å²) in [5.74, 6) is 3.16. The first-order valence-corrected chi connectivity index (χ1v) is 10.9. The lowest BCUT2D eigenvalue weighted by atomic mass is 9.54. The summed E-state index contributed by atoms with van der Waals surface area (Å²) in [6.45, 7) is 4.29. The molecule has 128 valence electrons. The molecule has 0 saturated carbocycles. The second-order valence-corrected chi connectivity index (χ2v) is 8.88. The van der Waals surface area contributed by atoms with Crippen molar-refractivity contribution in [2.75, 3.05) is 12.8 Å². The molecule has 2 heterocycles. The fourth-order valence-electron chi connectivity index (χ4n) is 3.15. The van der Waals surface area contributed by atoms with Crippen LogP contribution in [0.1, 0.15) is 5.56 Å². The zero-order valence-corrected chi connectivity index (χ0v) is 16.0. The van der Waals surface area contributed by atoms with Gasteiger partial charge in [0, 0.05) is 11.6 Å². The van der Waals surface area contributed by atoms with Gasteiger partial charge in [0.05, 0.1) is 0 Å². The molecule has 0 radical (unpaired) electrons. The number of para-hydroxylation sites is 1. The quantitative estimate of drug-likeness (QED) is 0.488. The molecule has 3 aromatic rings. The maximum absolute atomic E-state index is 6.55. The van der Waals surface area contributed by atoms with Crippen molar-refractivity contribution in [3.05, 3.63) is 89.8 Å². The Bertz CT molecular complexity index is 976. The van der Waals surface area contributed by atoms with Gasteiger partial charge in [-0.05, 0) is 42.8 Å². The van der Waals surface area contributed by atoms with Crippen molar-refractivity contribution >= 4 is 31.2 Å². The number of nitrogens with zero attached hydrogens (tertiary/aromatic N) is 1. The van der Waals surface area contributed by atoms with Crippen molar-refractivity contribution < 1.29 is 4.65 Å². The molecule has 4 rings (SSSR count). The van der Waals surface area contributed by atoms with E-state index in [1.165, 1.54) is 16.5 Å². The summed E-state index contributed by atoms with van der Waals surface area (Å²) >= 11 is 0. The summed E-state index contributed by atoms with van der Waals surface area (Å²) in [6, 6.07) is 18.8. The SMILES string of the molecule is Cc1ccc(B(Oc2cccc3cccnc23)C2=CCP(C)C=C2)cc1. The van der Waals surface area contributed by atoms with E-state index in [4.69, 9.17) is 4.65 Å². The maximum Gasteiger partial charge on any atom is 0.426 e. The number of benzene rings is 2. The van der Waals surface area contributed by atoms with Crippen LogP contribution in [0.4, 0.5) is 0 Å². The van der Waals surface area contributed by atoms with Crippen molar-refractivity contribution in [1.82, 2.24) is 4.98 Å². The van der Waals surface area contributed by atoms with Crippen LogP contribution >= 0.6 is 7.92 Å². The number of hydrogen-bond acceptors (Lipinski definition) is 2. The zero-order valence-electron chi connectivity index (χ0n) is 15.1. The molecule has 0 spiro atoms. The molecule has 26 heavy (non-hydrogen) atoms. The molecule has 0 N–H and O–H groups in total. The van der Waals surface area contributed by atoms with E-state index >= 15 is 0 Å². The van der Waals surface area contributed by atoms with E-state index in [1.54, 1.807) is 0 Å². The highest BCUT2D eigenvalue weighted by Gasteiger charge is 2.26. The fraction of sp³-hybridized carbons (Fsp3) is 0.136. The normalized spacial score (nSPS) is 16.4. The van der Waals surface area contributed by atoms with Crippen molar-refractivity contribution in [2.45, 2.75) is 6.92 Å². The van der Waals surface area contributed by atoms with Gasteiger partial charge in [0.25, 0.3) is 0 Å². The number of aromatic nitrogens is 1. The Morgan fingerprint density at radius 2 is 1.85 bits per heavy atom. The van der Waals surface area contributed by atoms with E-state index in [0.717, 1.165) is 22.8 Å². The average molecular weight is 357 g/mol. The van der Waals surface area contributed by atoms with Crippen molar-refractivity contribution in [3.8, 4) is 5.75 Å². The van der Waals surface area contributed by atoms with E-state index in [9.17, 15) is 0 Å². The molecule has 2 aromatic carbocycles. The van der Waals surface area contributed by atoms with Crippen LogP contribution in [0.3, 0.4) is 0 Å². The zero-order chi connectivity index (χ0) is 17.9. The Labute approximate surface area is 156 Å². The first-order valence-electron chi connectivity index (χ1n) is 8.86. The van der Waals surface area contributed by atoms with Gasteiger partial charge in [0.2, 0.25) is 0 Å². The van der Waals surface area contributed by atoms with E-state index in [1.807, 2.05) is 24.4 Å². The fourth-order valence-corrected chi connectivity index (χ4v) is 4.20. The number of allylic oxidation sites excluding steroid dienone is 3. The van der Waals surface area contributed by atoms with E-state index in [-0.39, 0.29) is 14.8 Å². The van der Waals surface area contributed by atoms with Crippen LogP contribution in [0.2, 0.25) is 0 Å². The Balaban J connectivity index is 1.75. The van der Waals surface area contributed by atoms with Crippen molar-refractivity contribution in [3.63, 3.8) is 0 Å². The van der Waals surface area contributed by atoms with E-state index < -0.39 is 0 Å². The number of rotatable bonds is 4. The number of hydrogen-bond donors (Lipinski definition) is 0. The predicted molar refractivity (Wildman–Crippen MR) is 114 cm³/mol. The third-order valence-corrected chi connectivity index (χ3v) is 6.08. The van der Waals surface area contributed by atoms with Crippen LogP contribution in [0, 0.1) is 6.92 Å². The lowest BCUT2D eigenvalue weighted by Crippen LogP contribution is -2.39. The lowest BCUT2D eigenvalue weighted by Gasteiger charge is -2.21. The van der Waals surface area contributed by atoms with Gasteiger partial charge in [-0.3, -0.25) is 4.98 Å². The summed E-state index contributed by atoms with van der Waals surface area (Å²) in [4.78, 5) is 4.54. The first kappa shape index (κ1) is 17.1. The van der Waals surface area contributed by atoms with Gasteiger partial charge in [-0.1, -0.05) is 73.9 Å². The number of fused-ring (bicyclic) bond motifs is 1. The highest BCUT2D eigenvalue weighted by Crippen LogP contribution is 2.36. The van der Waals surface area contributed by atoms with Crippen LogP contribution in [0.15, 0.2) is 84.2 Å². The Morgan fingerprint density at radius 1 is 1.04 bits per heavy atom. The molecule has 4 heteroatoms. The third kappa shape index (κ3) is 3.59. The summed E-state index contributed by atoms with van der Waals surface area (Å²) in [5.41, 5.74) is 4.55. The molecule has 0 fully saturated rings. The summed E-state index contributed by atoms with van der Waals surface area (Å²) in [5, 5.41) is 1.10. The monoisotopic (exact) mass is 357 g/mol. The summed E-state index contributed by atoms with van der Waals surface area (Å²) in [6.07, 6.45) is 7.49. The Kier molecular flexibility index (Phi) is 4.90. The molecular weight excluding hydrogens is 336 g/mol. The molecule has 1 unspecified atom stereocenters. The van der Waals surface area contributed by atoms with Gasteiger partial charge < -0.3 is 4.65 Å². The van der Waals surface area contributed by atoms with Crippen LogP contribution in [0.25, 0.3) is 10.9 Å². The topological polar surface area (TPSA) is 22.1 Å². The predicted octanol–water partition coefficient (Wildman–Crippen LogP) is 4.93. The third-order valence-electron chi connectivity index (χ3n) is 4.66. The van der Waals surface area contributed by atoms with Gasteiger partial charge in [-0.2, -0.15) is 0 Å². The van der Waals surface area contributed by atoms with Gasteiger partial charge in [-0.25, -0.2) is 0 Å². The minimum atomic E-state index is -0.122. The smallest absolute Gasteiger partial charge is 0.426 e. The molecule has 1 aliphatic heterocycles. The van der Waals surface area contributed by atoms with Crippen LogP contribution in [0.5, 0.6) is 5.75 Å². The van der Waals surface area contributed by atoms with E-state index in [2.05, 4.69) is 72.9 Å². The van der Waals surface area contributed by atoms with Crippen LogP contribution in [-0.2, 0) is 0 Å². The molecule has 1 atom stereocenters. The molecular formula is C22H21BNOP. The van der Waals surface area contributed by atoms with Gasteiger partial charge in [0.1, 0.15) is 11.3 Å². The molecule has 1 aliphatic rings.